The molecule has 0 bridgehead atoms. The predicted molar refractivity (Wildman–Crippen MR) is 79.0 cm³/mol. The topological polar surface area (TPSA) is 36.9 Å². The number of hydrogen-bond acceptors (Lipinski definition) is 5. The van der Waals surface area contributed by atoms with Gasteiger partial charge in [-0.25, -0.2) is 0 Å². The Labute approximate surface area is 121 Å². The first-order chi connectivity index (χ1) is 9.27. The minimum absolute atomic E-state index is 0.0422. The second-order valence-corrected chi connectivity index (χ2v) is 6.04. The summed E-state index contributed by atoms with van der Waals surface area (Å²) in [5, 5.41) is 0. The van der Waals surface area contributed by atoms with Crippen LogP contribution < -0.4 is 0 Å². The van der Waals surface area contributed by atoms with Gasteiger partial charge in [-0.1, -0.05) is 13.3 Å². The van der Waals surface area contributed by atoms with Gasteiger partial charge >= 0.3 is 0 Å². The summed E-state index contributed by atoms with van der Waals surface area (Å²) < 4.78 is 22.4. The Hall–Kier alpha value is 0.190. The molecule has 19 heavy (non-hydrogen) atoms. The Morgan fingerprint density at radius 3 is 2.11 bits per heavy atom. The van der Waals surface area contributed by atoms with Gasteiger partial charge in [-0.2, -0.15) is 11.8 Å². The Morgan fingerprint density at radius 1 is 0.895 bits per heavy atom. The zero-order valence-electron chi connectivity index (χ0n) is 12.3. The number of thioether (sulfide) groups is 1. The van der Waals surface area contributed by atoms with Crippen LogP contribution in [0.3, 0.4) is 0 Å². The molecule has 0 N–H and O–H groups in total. The Kier molecular flexibility index (Phi) is 9.91. The van der Waals surface area contributed by atoms with Crippen molar-refractivity contribution in [3.63, 3.8) is 0 Å². The highest BCUT2D eigenvalue weighted by molar-refractivity contribution is 7.99. The third-order valence-electron chi connectivity index (χ3n) is 2.98. The van der Waals surface area contributed by atoms with Crippen molar-refractivity contribution in [2.24, 2.45) is 0 Å². The summed E-state index contributed by atoms with van der Waals surface area (Å²) in [6.07, 6.45) is 2.23. The van der Waals surface area contributed by atoms with Gasteiger partial charge in [-0.3, -0.25) is 0 Å². The number of hydrogen-bond donors (Lipinski definition) is 0. The largest absolute Gasteiger partial charge is 0.378 e. The SMILES string of the molecule is CCCC1(C)CSCCOCCOCCOCCO1. The van der Waals surface area contributed by atoms with Gasteiger partial charge in [0.15, 0.2) is 0 Å². The molecule has 1 unspecified atom stereocenters. The Bertz CT molecular complexity index is 198. The van der Waals surface area contributed by atoms with Gasteiger partial charge < -0.3 is 18.9 Å². The molecule has 0 radical (unpaired) electrons. The first-order valence-electron chi connectivity index (χ1n) is 7.22. The summed E-state index contributed by atoms with van der Waals surface area (Å²) in [6, 6.07) is 0. The van der Waals surface area contributed by atoms with Gasteiger partial charge in [0.05, 0.1) is 51.8 Å². The van der Waals surface area contributed by atoms with E-state index in [1.807, 2.05) is 11.8 Å². The van der Waals surface area contributed by atoms with Crippen LogP contribution in [0.5, 0.6) is 0 Å². The monoisotopic (exact) mass is 292 g/mol. The highest BCUT2D eigenvalue weighted by Gasteiger charge is 2.23. The van der Waals surface area contributed by atoms with Crippen LogP contribution in [-0.4, -0.2) is 63.4 Å². The maximum atomic E-state index is 6.02. The van der Waals surface area contributed by atoms with Crippen molar-refractivity contribution in [3.05, 3.63) is 0 Å². The van der Waals surface area contributed by atoms with Crippen molar-refractivity contribution >= 4 is 11.8 Å². The van der Waals surface area contributed by atoms with Gasteiger partial charge in [-0.15, -0.1) is 0 Å². The quantitative estimate of drug-likeness (QED) is 0.781. The van der Waals surface area contributed by atoms with Crippen molar-refractivity contribution in [1.29, 1.82) is 0 Å². The molecular weight excluding hydrogens is 264 g/mol. The zero-order valence-corrected chi connectivity index (χ0v) is 13.1. The van der Waals surface area contributed by atoms with Crippen molar-refractivity contribution in [2.75, 3.05) is 57.8 Å². The molecule has 1 heterocycles. The normalized spacial score (nSPS) is 29.4. The molecule has 0 aliphatic carbocycles. The second kappa shape index (κ2) is 10.9. The average molecular weight is 292 g/mol. The highest BCUT2D eigenvalue weighted by atomic mass is 32.2. The summed E-state index contributed by atoms with van der Waals surface area (Å²) in [5.41, 5.74) is -0.0422. The molecule has 1 aliphatic rings. The summed E-state index contributed by atoms with van der Waals surface area (Å²) in [4.78, 5) is 0. The molecule has 0 spiro atoms. The van der Waals surface area contributed by atoms with Crippen molar-refractivity contribution in [1.82, 2.24) is 0 Å². The Morgan fingerprint density at radius 2 is 1.47 bits per heavy atom. The molecule has 1 atom stereocenters. The lowest BCUT2D eigenvalue weighted by Gasteiger charge is -2.29. The first kappa shape index (κ1) is 17.2. The van der Waals surface area contributed by atoms with Crippen LogP contribution in [-0.2, 0) is 18.9 Å². The number of ether oxygens (including phenoxy) is 4. The van der Waals surface area contributed by atoms with Gasteiger partial charge in [0, 0.05) is 11.5 Å². The maximum Gasteiger partial charge on any atom is 0.0745 e. The van der Waals surface area contributed by atoms with Crippen LogP contribution in [0, 0.1) is 0 Å². The lowest BCUT2D eigenvalue weighted by atomic mass is 10.0. The van der Waals surface area contributed by atoms with Crippen LogP contribution in [0.25, 0.3) is 0 Å². The summed E-state index contributed by atoms with van der Waals surface area (Å²) >= 11 is 1.90. The third-order valence-corrected chi connectivity index (χ3v) is 4.25. The lowest BCUT2D eigenvalue weighted by molar-refractivity contribution is -0.0545. The molecule has 0 aromatic rings. The standard InChI is InChI=1S/C14H28O4S/c1-3-4-14(2)13-19-12-11-17-8-7-15-5-6-16-9-10-18-14/h3-13H2,1-2H3. The van der Waals surface area contributed by atoms with E-state index >= 15 is 0 Å². The van der Waals surface area contributed by atoms with Crippen LogP contribution in [0.1, 0.15) is 26.7 Å². The minimum atomic E-state index is -0.0422. The van der Waals surface area contributed by atoms with E-state index in [0.717, 1.165) is 31.0 Å². The molecule has 4 nitrogen and oxygen atoms in total. The van der Waals surface area contributed by atoms with E-state index in [2.05, 4.69) is 13.8 Å². The van der Waals surface area contributed by atoms with Crippen LogP contribution in [0.15, 0.2) is 0 Å². The van der Waals surface area contributed by atoms with Gasteiger partial charge in [-0.05, 0) is 13.3 Å². The first-order valence-corrected chi connectivity index (χ1v) is 8.37. The summed E-state index contributed by atoms with van der Waals surface area (Å²) in [7, 11) is 0. The van der Waals surface area contributed by atoms with Crippen molar-refractivity contribution < 1.29 is 18.9 Å². The maximum absolute atomic E-state index is 6.02. The summed E-state index contributed by atoms with van der Waals surface area (Å²) in [5.74, 6) is 2.03. The number of rotatable bonds is 2. The van der Waals surface area contributed by atoms with E-state index in [0.29, 0.717) is 39.6 Å². The minimum Gasteiger partial charge on any atom is -0.378 e. The predicted octanol–water partition coefficient (Wildman–Crippen LogP) is 2.36. The van der Waals surface area contributed by atoms with Gasteiger partial charge in [0.25, 0.3) is 0 Å². The van der Waals surface area contributed by atoms with Crippen LogP contribution >= 0.6 is 11.8 Å². The molecule has 0 amide bonds. The van der Waals surface area contributed by atoms with E-state index in [4.69, 9.17) is 18.9 Å². The molecule has 1 rings (SSSR count). The summed E-state index contributed by atoms with van der Waals surface area (Å²) in [6.45, 7) is 9.07. The molecule has 0 aromatic carbocycles. The lowest BCUT2D eigenvalue weighted by Crippen LogP contribution is -2.33. The van der Waals surface area contributed by atoms with E-state index in [9.17, 15) is 0 Å². The zero-order chi connectivity index (χ0) is 13.8. The van der Waals surface area contributed by atoms with E-state index in [1.165, 1.54) is 0 Å². The fourth-order valence-electron chi connectivity index (χ4n) is 2.01. The van der Waals surface area contributed by atoms with Crippen molar-refractivity contribution in [3.8, 4) is 0 Å². The molecular formula is C14H28O4S. The smallest absolute Gasteiger partial charge is 0.0745 e. The van der Waals surface area contributed by atoms with Crippen LogP contribution in [0.4, 0.5) is 0 Å². The van der Waals surface area contributed by atoms with E-state index < -0.39 is 0 Å². The van der Waals surface area contributed by atoms with E-state index in [-0.39, 0.29) is 5.60 Å². The van der Waals surface area contributed by atoms with Gasteiger partial charge in [0.1, 0.15) is 0 Å². The van der Waals surface area contributed by atoms with E-state index in [1.54, 1.807) is 0 Å². The molecule has 5 heteroatoms. The third kappa shape index (κ3) is 8.87. The Balaban J connectivity index is 2.33. The molecule has 0 saturated carbocycles. The second-order valence-electron chi connectivity index (χ2n) is 4.94. The fraction of sp³-hybridized carbons (Fsp3) is 1.00. The van der Waals surface area contributed by atoms with Crippen molar-refractivity contribution in [2.45, 2.75) is 32.3 Å². The molecule has 1 fully saturated rings. The highest BCUT2D eigenvalue weighted by Crippen LogP contribution is 2.23. The molecule has 0 aromatic heterocycles. The molecule has 1 aliphatic heterocycles. The molecule has 1 saturated heterocycles. The average Bonchev–Trinajstić information content (AvgIpc) is 2.39. The fourth-order valence-corrected chi connectivity index (χ4v) is 3.05. The van der Waals surface area contributed by atoms with Crippen LogP contribution in [0.2, 0.25) is 0 Å². The van der Waals surface area contributed by atoms with Gasteiger partial charge in [0.2, 0.25) is 0 Å². The molecule has 114 valence electrons.